The Kier molecular flexibility index (Phi) is 5.65. The first-order chi connectivity index (χ1) is 9.63. The average Bonchev–Trinajstić information content (AvgIpc) is 2.74. The van der Waals surface area contributed by atoms with Crippen LogP contribution in [0.25, 0.3) is 0 Å². The topological polar surface area (TPSA) is 41.6 Å². The molecule has 1 aliphatic rings. The van der Waals surface area contributed by atoms with Gasteiger partial charge in [-0.25, -0.2) is 4.79 Å². The molecule has 5 heteroatoms. The van der Waals surface area contributed by atoms with Crippen LogP contribution in [0.1, 0.15) is 12.5 Å². The number of carbonyl (C=O) groups is 1. The van der Waals surface area contributed by atoms with E-state index >= 15 is 0 Å². The van der Waals surface area contributed by atoms with Crippen LogP contribution in [0.5, 0.6) is 0 Å². The van der Waals surface area contributed by atoms with Gasteiger partial charge in [0.15, 0.2) is 0 Å². The van der Waals surface area contributed by atoms with E-state index in [1.54, 1.807) is 0 Å². The van der Waals surface area contributed by atoms with Crippen LogP contribution in [0.3, 0.4) is 0 Å². The second-order valence-corrected chi connectivity index (χ2v) is 6.77. The van der Waals surface area contributed by atoms with E-state index in [0.717, 1.165) is 18.7 Å². The molecule has 3 atom stereocenters. The molecule has 1 heterocycles. The molecular formula is C15H21IN2O2. The molecule has 0 saturated carbocycles. The van der Waals surface area contributed by atoms with Crippen molar-refractivity contribution in [1.29, 1.82) is 0 Å². The lowest BCUT2D eigenvalue weighted by molar-refractivity contribution is 0.0912. The van der Waals surface area contributed by atoms with Gasteiger partial charge in [-0.1, -0.05) is 52.9 Å². The molecule has 1 fully saturated rings. The molecule has 0 bridgehead atoms. The SMILES string of the molecule is CNCC1C(I)CN(C(=O)OCc2ccccc2)C1C. The van der Waals surface area contributed by atoms with E-state index in [1.165, 1.54) is 0 Å². The van der Waals surface area contributed by atoms with E-state index in [2.05, 4.69) is 34.8 Å². The van der Waals surface area contributed by atoms with E-state index in [-0.39, 0.29) is 12.1 Å². The van der Waals surface area contributed by atoms with Crippen molar-refractivity contribution < 1.29 is 9.53 Å². The Labute approximate surface area is 134 Å². The van der Waals surface area contributed by atoms with Crippen molar-refractivity contribution in [2.75, 3.05) is 20.1 Å². The predicted octanol–water partition coefficient (Wildman–Crippen LogP) is 2.67. The van der Waals surface area contributed by atoms with Crippen molar-refractivity contribution in [2.45, 2.75) is 23.5 Å². The Morgan fingerprint density at radius 1 is 1.45 bits per heavy atom. The fourth-order valence-corrected chi connectivity index (χ4v) is 3.88. The predicted molar refractivity (Wildman–Crippen MR) is 88.0 cm³/mol. The molecule has 0 aliphatic carbocycles. The molecule has 1 saturated heterocycles. The maximum absolute atomic E-state index is 12.2. The normalized spacial score (nSPS) is 25.8. The molecule has 0 aromatic heterocycles. The summed E-state index contributed by atoms with van der Waals surface area (Å²) in [6.45, 7) is 4.13. The van der Waals surface area contributed by atoms with E-state index in [9.17, 15) is 4.79 Å². The van der Waals surface area contributed by atoms with Crippen molar-refractivity contribution in [1.82, 2.24) is 10.2 Å². The summed E-state index contributed by atoms with van der Waals surface area (Å²) in [7, 11) is 1.95. The number of carbonyl (C=O) groups excluding carboxylic acids is 1. The molecule has 1 aromatic carbocycles. The molecule has 0 spiro atoms. The highest BCUT2D eigenvalue weighted by atomic mass is 127. The first-order valence-electron chi connectivity index (χ1n) is 6.89. The van der Waals surface area contributed by atoms with Gasteiger partial charge in [0.25, 0.3) is 0 Å². The Balaban J connectivity index is 1.90. The van der Waals surface area contributed by atoms with Gasteiger partial charge >= 0.3 is 6.09 Å². The molecule has 1 aromatic rings. The van der Waals surface area contributed by atoms with Crippen LogP contribution in [-0.4, -0.2) is 41.1 Å². The van der Waals surface area contributed by atoms with E-state index in [0.29, 0.717) is 16.4 Å². The van der Waals surface area contributed by atoms with Crippen LogP contribution in [-0.2, 0) is 11.3 Å². The summed E-state index contributed by atoms with van der Waals surface area (Å²) in [5.41, 5.74) is 1.02. The molecular weight excluding hydrogens is 367 g/mol. The molecule has 1 amide bonds. The fourth-order valence-electron chi connectivity index (χ4n) is 2.60. The van der Waals surface area contributed by atoms with Gasteiger partial charge in [0, 0.05) is 29.0 Å². The number of halogens is 1. The van der Waals surface area contributed by atoms with Crippen LogP contribution in [0, 0.1) is 5.92 Å². The molecule has 1 aliphatic heterocycles. The zero-order chi connectivity index (χ0) is 14.5. The lowest BCUT2D eigenvalue weighted by Crippen LogP contribution is -2.38. The number of rotatable bonds is 4. The van der Waals surface area contributed by atoms with Crippen molar-refractivity contribution in [3.8, 4) is 0 Å². The number of hydrogen-bond donors (Lipinski definition) is 1. The second kappa shape index (κ2) is 7.26. The summed E-state index contributed by atoms with van der Waals surface area (Å²) >= 11 is 2.43. The fraction of sp³-hybridized carbons (Fsp3) is 0.533. The summed E-state index contributed by atoms with van der Waals surface area (Å²) in [5, 5.41) is 3.20. The first kappa shape index (κ1) is 15.6. The quantitative estimate of drug-likeness (QED) is 0.637. The largest absolute Gasteiger partial charge is 0.445 e. The van der Waals surface area contributed by atoms with E-state index in [4.69, 9.17) is 4.74 Å². The summed E-state index contributed by atoms with van der Waals surface area (Å²) in [4.78, 5) is 14.1. The van der Waals surface area contributed by atoms with Crippen molar-refractivity contribution in [2.24, 2.45) is 5.92 Å². The standard InChI is InChI=1S/C15H21IN2O2/c1-11-13(8-17-2)14(16)9-18(11)15(19)20-10-12-6-4-3-5-7-12/h3-7,11,13-14,17H,8-10H2,1-2H3. The second-order valence-electron chi connectivity index (χ2n) is 5.17. The van der Waals surface area contributed by atoms with Crippen LogP contribution in [0.2, 0.25) is 0 Å². The molecule has 4 nitrogen and oxygen atoms in total. The third-order valence-corrected chi connectivity index (χ3v) is 5.14. The highest BCUT2D eigenvalue weighted by molar-refractivity contribution is 14.1. The minimum absolute atomic E-state index is 0.207. The number of likely N-dealkylation sites (tertiary alicyclic amines) is 1. The van der Waals surface area contributed by atoms with Gasteiger partial charge in [0.1, 0.15) is 6.61 Å². The third kappa shape index (κ3) is 3.63. The first-order valence-corrected chi connectivity index (χ1v) is 8.14. The van der Waals surface area contributed by atoms with Gasteiger partial charge in [-0.3, -0.25) is 0 Å². The van der Waals surface area contributed by atoms with Crippen LogP contribution >= 0.6 is 22.6 Å². The van der Waals surface area contributed by atoms with E-state index in [1.807, 2.05) is 42.3 Å². The molecule has 1 N–H and O–H groups in total. The zero-order valence-electron chi connectivity index (χ0n) is 11.9. The summed E-state index contributed by atoms with van der Waals surface area (Å²) in [6.07, 6.45) is -0.207. The van der Waals surface area contributed by atoms with Gasteiger partial charge in [-0.2, -0.15) is 0 Å². The summed E-state index contributed by atoms with van der Waals surface area (Å²) in [6, 6.07) is 10.00. The van der Waals surface area contributed by atoms with Gasteiger partial charge in [0.2, 0.25) is 0 Å². The molecule has 2 rings (SSSR count). The van der Waals surface area contributed by atoms with Crippen molar-refractivity contribution in [3.05, 3.63) is 35.9 Å². The summed E-state index contributed by atoms with van der Waals surface area (Å²) < 4.78 is 5.89. The van der Waals surface area contributed by atoms with Crippen LogP contribution in [0.15, 0.2) is 30.3 Å². The Bertz CT molecular complexity index is 441. The maximum Gasteiger partial charge on any atom is 0.410 e. The maximum atomic E-state index is 12.2. The Morgan fingerprint density at radius 2 is 2.15 bits per heavy atom. The average molecular weight is 388 g/mol. The highest BCUT2D eigenvalue weighted by Crippen LogP contribution is 2.30. The Hall–Kier alpha value is -0.820. The van der Waals surface area contributed by atoms with Gasteiger partial charge in [-0.05, 0) is 19.5 Å². The van der Waals surface area contributed by atoms with Crippen molar-refractivity contribution >= 4 is 28.7 Å². The molecule has 110 valence electrons. The summed E-state index contributed by atoms with van der Waals surface area (Å²) in [5.74, 6) is 0.477. The number of benzene rings is 1. The number of amides is 1. The number of nitrogens with one attached hydrogen (secondary N) is 1. The third-order valence-electron chi connectivity index (χ3n) is 3.83. The van der Waals surface area contributed by atoms with Crippen LogP contribution in [0.4, 0.5) is 4.79 Å². The minimum atomic E-state index is -0.207. The van der Waals surface area contributed by atoms with Gasteiger partial charge in [0.05, 0.1) is 0 Å². The zero-order valence-corrected chi connectivity index (χ0v) is 14.0. The number of ether oxygens (including phenoxy) is 1. The molecule has 20 heavy (non-hydrogen) atoms. The number of hydrogen-bond acceptors (Lipinski definition) is 3. The lowest BCUT2D eigenvalue weighted by atomic mass is 10.0. The number of alkyl halides is 1. The van der Waals surface area contributed by atoms with E-state index < -0.39 is 0 Å². The smallest absolute Gasteiger partial charge is 0.410 e. The monoisotopic (exact) mass is 388 g/mol. The van der Waals surface area contributed by atoms with Crippen LogP contribution < -0.4 is 5.32 Å². The Morgan fingerprint density at radius 3 is 2.80 bits per heavy atom. The number of nitrogens with zero attached hydrogens (tertiary/aromatic N) is 1. The minimum Gasteiger partial charge on any atom is -0.445 e. The van der Waals surface area contributed by atoms with Crippen molar-refractivity contribution in [3.63, 3.8) is 0 Å². The molecule has 0 radical (unpaired) electrons. The lowest BCUT2D eigenvalue weighted by Gasteiger charge is -2.24. The molecule has 3 unspecified atom stereocenters. The van der Waals surface area contributed by atoms with Gasteiger partial charge < -0.3 is 15.0 Å². The highest BCUT2D eigenvalue weighted by Gasteiger charge is 2.40. The van der Waals surface area contributed by atoms with Gasteiger partial charge in [-0.15, -0.1) is 0 Å².